The van der Waals surface area contributed by atoms with E-state index in [0.29, 0.717) is 5.75 Å². The van der Waals surface area contributed by atoms with Crippen molar-refractivity contribution in [2.24, 2.45) is 5.41 Å². The van der Waals surface area contributed by atoms with Crippen LogP contribution in [0.1, 0.15) is 136 Å². The molecule has 6 N–H and O–H groups in total. The molecule has 2 aromatic heterocycles. The summed E-state index contributed by atoms with van der Waals surface area (Å²) in [6.45, 7) is 2.37. The van der Waals surface area contributed by atoms with Crippen LogP contribution >= 0.6 is 35.2 Å². The fraction of sp³-hybridized carbons (Fsp3) is 0.756. The molecule has 1 aliphatic heterocycles. The number of hydrogen-bond acceptors (Lipinski definition) is 22. The first-order valence-corrected chi connectivity index (χ1v) is 28.6. The second kappa shape index (κ2) is 30.4. The van der Waals surface area contributed by atoms with Gasteiger partial charge in [0.15, 0.2) is 17.7 Å². The number of allylic oxidation sites excluding steroid dienone is 1. The molecule has 0 aliphatic carbocycles. The minimum Gasteiger partial charge on any atom is -0.790 e. The van der Waals surface area contributed by atoms with E-state index in [2.05, 4.69) is 50.4 Å². The maximum Gasteiger partial charge on any atom is 0.274 e. The highest BCUT2D eigenvalue weighted by atomic mass is 32.2. The summed E-state index contributed by atoms with van der Waals surface area (Å²) in [7, 11) is -17.6. The number of ether oxygens (including phenoxy) is 1. The van der Waals surface area contributed by atoms with E-state index in [0.717, 1.165) is 48.2 Å². The molecule has 24 nitrogen and oxygen atoms in total. The molecule has 1 saturated heterocycles. The number of nitrogens with one attached hydrogen (secondary N) is 2. The third kappa shape index (κ3) is 23.2. The third-order valence-electron chi connectivity index (χ3n) is 10.9. The van der Waals surface area contributed by atoms with E-state index < -0.39 is 84.6 Å². The number of rotatable bonds is 36. The lowest BCUT2D eigenvalue weighted by Gasteiger charge is -2.36. The van der Waals surface area contributed by atoms with Gasteiger partial charge < -0.3 is 69.0 Å². The Morgan fingerprint density at radius 1 is 0.899 bits per heavy atom. The van der Waals surface area contributed by atoms with Gasteiger partial charge in [-0.3, -0.25) is 28.1 Å². The Balaban J connectivity index is 1.28. The number of nitrogens with zero attached hydrogens (tertiary/aromatic N) is 4. The predicted molar refractivity (Wildman–Crippen MR) is 247 cm³/mol. The molecule has 28 heteroatoms. The molecule has 69 heavy (non-hydrogen) atoms. The Morgan fingerprint density at radius 2 is 1.49 bits per heavy atom. The summed E-state index contributed by atoms with van der Waals surface area (Å²) in [6.07, 6.45) is 16.0. The number of nitrogen functional groups attached to an aromatic ring is 1. The number of aromatic nitrogens is 4. The Bertz CT molecular complexity index is 2080. The van der Waals surface area contributed by atoms with E-state index in [-0.39, 0.29) is 41.6 Å². The van der Waals surface area contributed by atoms with Gasteiger partial charge >= 0.3 is 0 Å². The van der Waals surface area contributed by atoms with Crippen molar-refractivity contribution in [1.29, 1.82) is 0 Å². The first kappa shape index (κ1) is 60.6. The van der Waals surface area contributed by atoms with Gasteiger partial charge in [0, 0.05) is 30.7 Å². The van der Waals surface area contributed by atoms with Crippen LogP contribution in [0.4, 0.5) is 5.82 Å². The van der Waals surface area contributed by atoms with Crippen molar-refractivity contribution in [2.75, 3.05) is 37.8 Å². The minimum absolute atomic E-state index is 0.0192. The average molecular weight is 1060 g/mol. The zero-order chi connectivity index (χ0) is 51.1. The number of carbonyl (C=O) groups is 3. The van der Waals surface area contributed by atoms with Crippen LogP contribution in [0.3, 0.4) is 0 Å². The lowest BCUT2D eigenvalue weighted by atomic mass is 9.87. The van der Waals surface area contributed by atoms with Crippen molar-refractivity contribution in [3.05, 3.63) is 24.8 Å². The molecule has 2 amide bonds. The number of phosphoric acid groups is 3. The molecular formula is C41H68N7O17P3S-4. The standard InChI is InChI=1S/C41H72N7O17P3S/c1-4-5-6-7-8-9-10-11-12-13-14-15-16-17-18-19-20-21-32(50)69-25-24-43-31(49)22-23-44-39(53)36(52)41(2,3)27-62-68(59,60)65-67(57,58)61-26-30-35(64-66(54,55)56)34(51)40(63-30)48-29-47-33-37(42)45-28-46-38(33)48/h20-21,28-30,34-36,40,51-52H,4-19,22-27H2,1-3H3,(H,43,49)(H,44,53)(H,57,58)(H,59,60)(H2,42,45,46)(H2,54,55,56)/p-4/b21-20+/t30-,34-,35-,36+,40-/m1/s1. The van der Waals surface area contributed by atoms with Crippen LogP contribution < -0.4 is 35.9 Å². The van der Waals surface area contributed by atoms with Gasteiger partial charge in [-0.05, 0) is 18.9 Å². The number of anilines is 1. The van der Waals surface area contributed by atoms with E-state index in [4.69, 9.17) is 10.5 Å². The predicted octanol–water partition coefficient (Wildman–Crippen LogP) is 2.95. The van der Waals surface area contributed by atoms with Crippen LogP contribution in [0.15, 0.2) is 24.8 Å². The van der Waals surface area contributed by atoms with Crippen molar-refractivity contribution < 1.29 is 80.5 Å². The molecule has 3 heterocycles. The molecule has 394 valence electrons. The molecule has 0 spiro atoms. The van der Waals surface area contributed by atoms with Crippen LogP contribution in [0.2, 0.25) is 0 Å². The van der Waals surface area contributed by atoms with Gasteiger partial charge in [-0.25, -0.2) is 19.3 Å². The lowest BCUT2D eigenvalue weighted by molar-refractivity contribution is -0.347. The number of nitrogens with two attached hydrogens (primary N) is 1. The lowest BCUT2D eigenvalue weighted by Crippen LogP contribution is -2.46. The fourth-order valence-electron chi connectivity index (χ4n) is 7.12. The van der Waals surface area contributed by atoms with Crippen molar-refractivity contribution in [3.63, 3.8) is 0 Å². The SMILES string of the molecule is CCCCCCCCCCCCCCCCC/C=C/C(=O)SCCNC(=O)CCNC(=O)[C@H](O)C(C)(C)COP(=O)([O-])OP(=O)([O-])OC[C@H]1O[C@@H](n2cnc3c(N)ncnc32)[C@H](O)[C@@H]1OP(=O)([O-])[O-]. The summed E-state index contributed by atoms with van der Waals surface area (Å²) in [6, 6.07) is 0. The van der Waals surface area contributed by atoms with Gasteiger partial charge in [0.25, 0.3) is 15.6 Å². The van der Waals surface area contributed by atoms with Crippen molar-refractivity contribution in [2.45, 2.75) is 161 Å². The third-order valence-corrected chi connectivity index (χ3v) is 14.8. The molecule has 0 bridgehead atoms. The fourth-order valence-corrected chi connectivity index (χ4v) is 10.5. The Morgan fingerprint density at radius 3 is 2.10 bits per heavy atom. The van der Waals surface area contributed by atoms with Gasteiger partial charge in [0.05, 0.1) is 27.4 Å². The van der Waals surface area contributed by atoms with Gasteiger partial charge in [-0.2, -0.15) is 0 Å². The van der Waals surface area contributed by atoms with Crippen LogP contribution in [-0.4, -0.2) is 103 Å². The molecule has 2 aromatic rings. The summed E-state index contributed by atoms with van der Waals surface area (Å²) in [5.74, 6) is -1.20. The van der Waals surface area contributed by atoms with E-state index in [1.165, 1.54) is 97.3 Å². The normalized spacial score (nSPS) is 20.0. The first-order chi connectivity index (χ1) is 32.6. The van der Waals surface area contributed by atoms with E-state index >= 15 is 0 Å². The van der Waals surface area contributed by atoms with Crippen molar-refractivity contribution in [1.82, 2.24) is 30.2 Å². The highest BCUT2D eigenvalue weighted by molar-refractivity contribution is 8.14. The number of thioether (sulfide) groups is 1. The molecule has 7 atom stereocenters. The number of imidazole rings is 1. The maximum atomic E-state index is 12.6. The minimum atomic E-state index is -5.92. The zero-order valence-corrected chi connectivity index (χ0v) is 42.9. The van der Waals surface area contributed by atoms with Crippen LogP contribution in [0.5, 0.6) is 0 Å². The molecule has 0 radical (unpaired) electrons. The number of aliphatic hydroxyl groups is 2. The van der Waals surface area contributed by atoms with Crippen LogP contribution in [0, 0.1) is 5.41 Å². The summed E-state index contributed by atoms with van der Waals surface area (Å²) in [4.78, 5) is 96.8. The highest BCUT2D eigenvalue weighted by Crippen LogP contribution is 2.56. The number of carbonyl (C=O) groups excluding carboxylic acids is 3. The molecule has 0 aromatic carbocycles. The second-order valence-electron chi connectivity index (χ2n) is 17.3. The van der Waals surface area contributed by atoms with Crippen LogP contribution in [-0.2, 0) is 50.7 Å². The maximum absolute atomic E-state index is 12.6. The van der Waals surface area contributed by atoms with Crippen molar-refractivity contribution in [3.8, 4) is 0 Å². The van der Waals surface area contributed by atoms with Crippen LogP contribution in [0.25, 0.3) is 11.2 Å². The average Bonchev–Trinajstić information content (AvgIpc) is 3.84. The van der Waals surface area contributed by atoms with Crippen molar-refractivity contribution >= 4 is 69.1 Å². The molecule has 1 fully saturated rings. The molecule has 1 aliphatic rings. The zero-order valence-electron chi connectivity index (χ0n) is 39.4. The summed E-state index contributed by atoms with van der Waals surface area (Å²) in [5.41, 5.74) is 4.09. The van der Waals surface area contributed by atoms with Gasteiger partial charge in [-0.15, -0.1) is 0 Å². The van der Waals surface area contributed by atoms with Gasteiger partial charge in [0.1, 0.15) is 36.3 Å². The van der Waals surface area contributed by atoms with E-state index in [1.807, 2.05) is 6.08 Å². The Hall–Kier alpha value is -2.70. The van der Waals surface area contributed by atoms with Gasteiger partial charge in [-0.1, -0.05) is 129 Å². The monoisotopic (exact) mass is 1060 g/mol. The largest absolute Gasteiger partial charge is 0.790 e. The molecule has 3 rings (SSSR count). The Kier molecular flexibility index (Phi) is 26.7. The smallest absolute Gasteiger partial charge is 0.274 e. The topological polar surface area (TPSA) is 375 Å². The summed E-state index contributed by atoms with van der Waals surface area (Å²) < 4.78 is 60.8. The number of fused-ring (bicyclic) bond motifs is 1. The first-order valence-electron chi connectivity index (χ1n) is 23.2. The quantitative estimate of drug-likeness (QED) is 0.0372. The summed E-state index contributed by atoms with van der Waals surface area (Å²) >= 11 is 1.06. The van der Waals surface area contributed by atoms with E-state index in [9.17, 15) is 57.9 Å². The highest BCUT2D eigenvalue weighted by Gasteiger charge is 2.47. The summed E-state index contributed by atoms with van der Waals surface area (Å²) in [5, 5.41) is 26.3. The number of amides is 2. The molecule has 0 saturated carbocycles. The number of phosphoric ester groups is 3. The molecular weight excluding hydrogens is 987 g/mol. The van der Waals surface area contributed by atoms with E-state index in [1.54, 1.807) is 6.08 Å². The number of unbranched alkanes of at least 4 members (excludes halogenated alkanes) is 15. The molecule has 2 unspecified atom stereocenters. The van der Waals surface area contributed by atoms with Gasteiger partial charge in [0.2, 0.25) is 16.9 Å². The second-order valence-corrected chi connectivity index (χ2v) is 22.5. The number of aliphatic hydroxyl groups excluding tert-OH is 2. The number of hydrogen-bond donors (Lipinski definition) is 5. The Labute approximate surface area is 407 Å².